The second-order valence-electron chi connectivity index (χ2n) is 2.84. The molecule has 0 aliphatic heterocycles. The Hall–Kier alpha value is -1.84. The number of aromatic hydroxyl groups is 4. The number of phenolic OH excluding ortho intramolecular Hbond substituents is 4. The minimum absolute atomic E-state index is 0.264. The van der Waals surface area contributed by atoms with Gasteiger partial charge in [0.25, 0.3) is 0 Å². The van der Waals surface area contributed by atoms with Crippen molar-refractivity contribution in [1.29, 1.82) is 0 Å². The highest BCUT2D eigenvalue weighted by Crippen LogP contribution is 2.44. The van der Waals surface area contributed by atoms with Gasteiger partial charge in [0.2, 0.25) is 11.5 Å². The van der Waals surface area contributed by atoms with Gasteiger partial charge in [0.05, 0.1) is 0 Å². The van der Waals surface area contributed by atoms with E-state index in [-0.39, 0.29) is 5.56 Å². The van der Waals surface area contributed by atoms with Crippen LogP contribution in [0.3, 0.4) is 0 Å². The van der Waals surface area contributed by atoms with E-state index in [0.29, 0.717) is 0 Å². The number of phenols is 4. The van der Waals surface area contributed by atoms with E-state index in [4.69, 9.17) is 10.2 Å². The number of benzene rings is 1. The Morgan fingerprint density at radius 2 is 1.71 bits per heavy atom. The second-order valence-corrected chi connectivity index (χ2v) is 2.84. The van der Waals surface area contributed by atoms with E-state index in [1.54, 1.807) is 12.2 Å². The molecule has 0 saturated carbocycles. The van der Waals surface area contributed by atoms with Crippen molar-refractivity contribution < 1.29 is 20.4 Å². The third-order valence-corrected chi connectivity index (χ3v) is 1.79. The van der Waals surface area contributed by atoms with E-state index in [0.717, 1.165) is 6.42 Å². The Labute approximate surface area is 81.4 Å². The van der Waals surface area contributed by atoms with Crippen LogP contribution in [-0.2, 0) is 0 Å². The lowest BCUT2D eigenvalue weighted by Crippen LogP contribution is -1.79. The maximum atomic E-state index is 9.36. The maximum absolute atomic E-state index is 9.36. The molecule has 0 bridgehead atoms. The average molecular weight is 196 g/mol. The summed E-state index contributed by atoms with van der Waals surface area (Å²) in [4.78, 5) is 0. The lowest BCUT2D eigenvalue weighted by molar-refractivity contribution is 0.345. The lowest BCUT2D eigenvalue weighted by Gasteiger charge is -2.05. The molecule has 76 valence electrons. The largest absolute Gasteiger partial charge is 0.504 e. The average Bonchev–Trinajstić information content (AvgIpc) is 2.18. The minimum atomic E-state index is -0.712. The van der Waals surface area contributed by atoms with Crippen LogP contribution in [0.4, 0.5) is 0 Å². The highest BCUT2D eigenvalue weighted by atomic mass is 16.3. The third kappa shape index (κ3) is 1.74. The second kappa shape index (κ2) is 3.91. The van der Waals surface area contributed by atoms with Gasteiger partial charge in [0, 0.05) is 5.56 Å². The molecule has 14 heavy (non-hydrogen) atoms. The summed E-state index contributed by atoms with van der Waals surface area (Å²) in [5.74, 6) is -2.32. The molecule has 0 amide bonds. The fourth-order valence-electron chi connectivity index (χ4n) is 1.03. The molecule has 0 spiro atoms. The van der Waals surface area contributed by atoms with Crippen molar-refractivity contribution in [3.8, 4) is 23.0 Å². The van der Waals surface area contributed by atoms with Crippen molar-refractivity contribution in [1.82, 2.24) is 0 Å². The smallest absolute Gasteiger partial charge is 0.204 e. The van der Waals surface area contributed by atoms with Crippen molar-refractivity contribution in [2.45, 2.75) is 13.3 Å². The first-order valence-electron chi connectivity index (χ1n) is 4.21. The summed E-state index contributed by atoms with van der Waals surface area (Å²) in [5, 5.41) is 36.7. The van der Waals surface area contributed by atoms with Crippen LogP contribution < -0.4 is 0 Å². The fraction of sp³-hybridized carbons (Fsp3) is 0.200. The van der Waals surface area contributed by atoms with E-state index in [9.17, 15) is 10.2 Å². The highest BCUT2D eigenvalue weighted by molar-refractivity contribution is 5.69. The van der Waals surface area contributed by atoms with E-state index in [1.807, 2.05) is 6.92 Å². The first-order chi connectivity index (χ1) is 6.57. The number of rotatable bonds is 2. The van der Waals surface area contributed by atoms with Crippen LogP contribution >= 0.6 is 0 Å². The van der Waals surface area contributed by atoms with Gasteiger partial charge in [0.1, 0.15) is 0 Å². The molecule has 0 saturated heterocycles. The number of allylic oxidation sites excluding steroid dienone is 1. The molecule has 0 radical (unpaired) electrons. The zero-order chi connectivity index (χ0) is 10.7. The Morgan fingerprint density at radius 3 is 2.29 bits per heavy atom. The van der Waals surface area contributed by atoms with E-state index >= 15 is 0 Å². The van der Waals surface area contributed by atoms with Crippen LogP contribution in [0.5, 0.6) is 23.0 Å². The Bertz CT molecular complexity index is 369. The SMILES string of the molecule is CCC=Cc1cc(O)c(O)c(O)c1O. The first kappa shape index (κ1) is 10.2. The summed E-state index contributed by atoms with van der Waals surface area (Å²) in [6, 6.07) is 1.18. The predicted octanol–water partition coefficient (Wildman–Crippen LogP) is 1.93. The summed E-state index contributed by atoms with van der Waals surface area (Å²) in [7, 11) is 0. The zero-order valence-electron chi connectivity index (χ0n) is 7.73. The molecular weight excluding hydrogens is 184 g/mol. The zero-order valence-corrected chi connectivity index (χ0v) is 7.73. The molecule has 0 fully saturated rings. The normalized spacial score (nSPS) is 10.9. The van der Waals surface area contributed by atoms with Crippen LogP contribution in [0.25, 0.3) is 6.08 Å². The van der Waals surface area contributed by atoms with Gasteiger partial charge in [-0.2, -0.15) is 0 Å². The van der Waals surface area contributed by atoms with Crippen LogP contribution in [0.2, 0.25) is 0 Å². The third-order valence-electron chi connectivity index (χ3n) is 1.79. The maximum Gasteiger partial charge on any atom is 0.204 e. The topological polar surface area (TPSA) is 80.9 Å². The summed E-state index contributed by atoms with van der Waals surface area (Å²) in [6.07, 6.45) is 4.07. The quantitative estimate of drug-likeness (QED) is 0.430. The molecule has 1 aromatic rings. The van der Waals surface area contributed by atoms with Gasteiger partial charge in [-0.1, -0.05) is 19.1 Å². The number of hydrogen-bond donors (Lipinski definition) is 4. The molecule has 0 heterocycles. The predicted molar refractivity (Wildman–Crippen MR) is 52.4 cm³/mol. The van der Waals surface area contributed by atoms with Crippen LogP contribution in [-0.4, -0.2) is 20.4 Å². The highest BCUT2D eigenvalue weighted by Gasteiger charge is 2.14. The van der Waals surface area contributed by atoms with Crippen molar-refractivity contribution in [3.05, 3.63) is 17.7 Å². The summed E-state index contributed by atoms with van der Waals surface area (Å²) in [6.45, 7) is 1.91. The number of hydrogen-bond acceptors (Lipinski definition) is 4. The molecule has 0 unspecified atom stereocenters. The molecule has 4 heteroatoms. The molecule has 0 atom stereocenters. The van der Waals surface area contributed by atoms with Gasteiger partial charge in [-0.3, -0.25) is 0 Å². The lowest BCUT2D eigenvalue weighted by atomic mass is 10.1. The summed E-state index contributed by atoms with van der Waals surface area (Å²) < 4.78 is 0. The van der Waals surface area contributed by atoms with E-state index in [1.165, 1.54) is 6.07 Å². The van der Waals surface area contributed by atoms with Gasteiger partial charge in [-0.15, -0.1) is 0 Å². The summed E-state index contributed by atoms with van der Waals surface area (Å²) >= 11 is 0. The van der Waals surface area contributed by atoms with E-state index < -0.39 is 23.0 Å². The van der Waals surface area contributed by atoms with Crippen LogP contribution in [0.1, 0.15) is 18.9 Å². The molecule has 0 aliphatic carbocycles. The molecule has 0 aromatic heterocycles. The van der Waals surface area contributed by atoms with Gasteiger partial charge in [-0.05, 0) is 12.5 Å². The Kier molecular flexibility index (Phi) is 2.86. The van der Waals surface area contributed by atoms with Crippen molar-refractivity contribution in [2.75, 3.05) is 0 Å². The molecule has 4 nitrogen and oxygen atoms in total. The van der Waals surface area contributed by atoms with E-state index in [2.05, 4.69) is 0 Å². The van der Waals surface area contributed by atoms with Gasteiger partial charge in [-0.25, -0.2) is 0 Å². The van der Waals surface area contributed by atoms with Crippen molar-refractivity contribution >= 4 is 6.08 Å². The summed E-state index contributed by atoms with van der Waals surface area (Å²) in [5.41, 5.74) is 0.264. The van der Waals surface area contributed by atoms with Crippen LogP contribution in [0.15, 0.2) is 12.1 Å². The minimum Gasteiger partial charge on any atom is -0.504 e. The molecule has 1 aromatic carbocycles. The van der Waals surface area contributed by atoms with Gasteiger partial charge in [0.15, 0.2) is 11.5 Å². The van der Waals surface area contributed by atoms with Gasteiger partial charge >= 0.3 is 0 Å². The molecule has 4 N–H and O–H groups in total. The van der Waals surface area contributed by atoms with Gasteiger partial charge < -0.3 is 20.4 Å². The monoisotopic (exact) mass is 196 g/mol. The Morgan fingerprint density at radius 1 is 1.07 bits per heavy atom. The standard InChI is InChI=1S/C10H12O4/c1-2-3-4-6-5-7(11)9(13)10(14)8(6)12/h3-5,11-14H,2H2,1H3. The molecule has 1 rings (SSSR count). The van der Waals surface area contributed by atoms with Crippen molar-refractivity contribution in [2.24, 2.45) is 0 Å². The van der Waals surface area contributed by atoms with Crippen LogP contribution in [0, 0.1) is 0 Å². The van der Waals surface area contributed by atoms with Crippen molar-refractivity contribution in [3.63, 3.8) is 0 Å². The first-order valence-corrected chi connectivity index (χ1v) is 4.21. The fourth-order valence-corrected chi connectivity index (χ4v) is 1.03. The molecule has 0 aliphatic rings. The Balaban J connectivity index is 3.26. The molecular formula is C10H12O4.